The van der Waals surface area contributed by atoms with Crippen LogP contribution in [-0.2, 0) is 25.4 Å². The molecule has 2 aromatic rings. The highest BCUT2D eigenvalue weighted by Gasteiger charge is 2.61. The molecule has 31 heavy (non-hydrogen) atoms. The van der Waals surface area contributed by atoms with Gasteiger partial charge in [0, 0.05) is 26.1 Å². The van der Waals surface area contributed by atoms with Crippen LogP contribution in [0, 0.1) is 11.2 Å². The Bertz CT molecular complexity index is 972. The Kier molecular flexibility index (Phi) is 5.25. The molecule has 1 spiro atoms. The number of fused-ring (bicyclic) bond motifs is 3. The van der Waals surface area contributed by atoms with Crippen molar-refractivity contribution in [3.63, 3.8) is 0 Å². The van der Waals surface area contributed by atoms with Gasteiger partial charge in [0.05, 0.1) is 30.8 Å². The predicted molar refractivity (Wildman–Crippen MR) is 113 cm³/mol. The second-order valence-corrected chi connectivity index (χ2v) is 8.95. The van der Waals surface area contributed by atoms with E-state index in [-0.39, 0.29) is 23.4 Å². The van der Waals surface area contributed by atoms with E-state index in [1.54, 1.807) is 26.4 Å². The Labute approximate surface area is 181 Å². The van der Waals surface area contributed by atoms with E-state index in [0.29, 0.717) is 13.2 Å². The predicted octanol–water partition coefficient (Wildman–Crippen LogP) is 3.91. The van der Waals surface area contributed by atoms with Gasteiger partial charge in [-0.15, -0.1) is 0 Å². The maximum absolute atomic E-state index is 13.4. The highest BCUT2D eigenvalue weighted by Crippen LogP contribution is 2.58. The van der Waals surface area contributed by atoms with Crippen LogP contribution in [-0.4, -0.2) is 55.2 Å². The van der Waals surface area contributed by atoms with E-state index in [2.05, 4.69) is 18.1 Å². The van der Waals surface area contributed by atoms with Crippen LogP contribution in [0.5, 0.6) is 0 Å². The van der Waals surface area contributed by atoms with E-state index in [0.717, 1.165) is 42.6 Å². The van der Waals surface area contributed by atoms with Crippen LogP contribution in [0.15, 0.2) is 36.0 Å². The number of aromatic nitrogens is 2. The molecule has 1 aromatic heterocycles. The number of hydrogen-bond donors (Lipinski definition) is 0. The largest absolute Gasteiger partial charge is 0.382 e. The van der Waals surface area contributed by atoms with E-state index >= 15 is 0 Å². The van der Waals surface area contributed by atoms with Crippen LogP contribution < -0.4 is 0 Å². The molecule has 2 fully saturated rings. The first-order chi connectivity index (χ1) is 15.0. The second kappa shape index (κ2) is 7.81. The molecule has 1 aliphatic heterocycles. The third kappa shape index (κ3) is 3.26. The van der Waals surface area contributed by atoms with Crippen molar-refractivity contribution in [3.05, 3.63) is 53.1 Å². The molecule has 2 heterocycles. The fraction of sp³-hybridized carbons (Fsp3) is 0.542. The summed E-state index contributed by atoms with van der Waals surface area (Å²) >= 11 is 0. The van der Waals surface area contributed by atoms with Crippen molar-refractivity contribution in [2.45, 2.75) is 50.6 Å². The summed E-state index contributed by atoms with van der Waals surface area (Å²) in [6.45, 7) is 3.19. The van der Waals surface area contributed by atoms with Crippen molar-refractivity contribution in [1.29, 1.82) is 0 Å². The van der Waals surface area contributed by atoms with Gasteiger partial charge in [0.15, 0.2) is 5.79 Å². The lowest BCUT2D eigenvalue weighted by Gasteiger charge is -2.51. The van der Waals surface area contributed by atoms with Crippen LogP contribution >= 0.6 is 0 Å². The third-order valence-corrected chi connectivity index (χ3v) is 7.07. The fourth-order valence-corrected chi connectivity index (χ4v) is 5.46. The summed E-state index contributed by atoms with van der Waals surface area (Å²) in [5.41, 5.74) is 4.05. The minimum atomic E-state index is -0.709. The topological polar surface area (TPSA) is 54.7 Å². The lowest BCUT2D eigenvalue weighted by molar-refractivity contribution is -0.251. The van der Waals surface area contributed by atoms with E-state index in [1.807, 2.05) is 10.9 Å². The molecule has 1 unspecified atom stereocenters. The first kappa shape index (κ1) is 20.8. The van der Waals surface area contributed by atoms with Crippen LogP contribution in [0.2, 0.25) is 0 Å². The van der Waals surface area contributed by atoms with E-state index in [9.17, 15) is 4.39 Å². The van der Waals surface area contributed by atoms with Gasteiger partial charge >= 0.3 is 0 Å². The van der Waals surface area contributed by atoms with Crippen LogP contribution in [0.3, 0.4) is 0 Å². The molecular weight excluding hydrogens is 399 g/mol. The molecule has 0 amide bonds. The number of rotatable bonds is 5. The van der Waals surface area contributed by atoms with Gasteiger partial charge in [-0.05, 0) is 55.2 Å². The Morgan fingerprint density at radius 2 is 1.81 bits per heavy atom. The van der Waals surface area contributed by atoms with E-state index < -0.39 is 5.79 Å². The van der Waals surface area contributed by atoms with Crippen molar-refractivity contribution in [2.75, 3.05) is 27.4 Å². The average Bonchev–Trinajstić information content (AvgIpc) is 3.31. The van der Waals surface area contributed by atoms with Gasteiger partial charge in [-0.1, -0.05) is 12.5 Å². The van der Waals surface area contributed by atoms with Gasteiger partial charge < -0.3 is 18.9 Å². The molecule has 7 heteroatoms. The van der Waals surface area contributed by atoms with Crippen molar-refractivity contribution >= 4 is 6.08 Å². The maximum atomic E-state index is 13.4. The van der Waals surface area contributed by atoms with Crippen LogP contribution in [0.25, 0.3) is 11.8 Å². The minimum absolute atomic E-state index is 0.163. The molecule has 3 atom stereocenters. The summed E-state index contributed by atoms with van der Waals surface area (Å²) in [6, 6.07) is 6.44. The molecule has 5 rings (SSSR count). The van der Waals surface area contributed by atoms with Gasteiger partial charge in [-0.3, -0.25) is 0 Å². The van der Waals surface area contributed by atoms with Crippen molar-refractivity contribution in [2.24, 2.45) is 5.41 Å². The second-order valence-electron chi connectivity index (χ2n) is 8.95. The number of benzene rings is 1. The molecular formula is C24H29FN2O4. The minimum Gasteiger partial charge on any atom is -0.382 e. The summed E-state index contributed by atoms with van der Waals surface area (Å²) in [6.07, 6.45) is 7.40. The summed E-state index contributed by atoms with van der Waals surface area (Å²) in [7, 11) is 3.37. The van der Waals surface area contributed by atoms with E-state index in [1.165, 1.54) is 17.7 Å². The Morgan fingerprint density at radius 3 is 2.45 bits per heavy atom. The number of hydrogen-bond acceptors (Lipinski definition) is 5. The molecule has 2 aliphatic carbocycles. The van der Waals surface area contributed by atoms with E-state index in [4.69, 9.17) is 18.9 Å². The van der Waals surface area contributed by atoms with Gasteiger partial charge in [-0.2, -0.15) is 5.10 Å². The molecule has 6 nitrogen and oxygen atoms in total. The molecule has 0 bridgehead atoms. The number of ether oxygens (including phenoxy) is 4. The summed E-state index contributed by atoms with van der Waals surface area (Å²) in [5, 5.41) is 4.62. The molecule has 0 N–H and O–H groups in total. The van der Waals surface area contributed by atoms with Crippen LogP contribution in [0.4, 0.5) is 4.39 Å². The molecule has 1 saturated heterocycles. The molecule has 1 aromatic carbocycles. The number of halogens is 1. The molecule has 3 aliphatic rings. The lowest BCUT2D eigenvalue weighted by atomic mass is 9.62. The molecule has 1 saturated carbocycles. The molecule has 0 radical (unpaired) electrons. The zero-order chi connectivity index (χ0) is 21.6. The van der Waals surface area contributed by atoms with Crippen molar-refractivity contribution in [3.8, 4) is 5.69 Å². The van der Waals surface area contributed by atoms with Gasteiger partial charge in [0.1, 0.15) is 18.0 Å². The lowest BCUT2D eigenvalue weighted by Crippen LogP contribution is -2.54. The highest BCUT2D eigenvalue weighted by molar-refractivity contribution is 5.62. The zero-order valence-electron chi connectivity index (χ0n) is 18.3. The smallest absolute Gasteiger partial charge is 0.178 e. The monoisotopic (exact) mass is 428 g/mol. The normalized spacial score (nSPS) is 29.0. The number of methoxy groups -OCH3 is 2. The standard InChI is InChI=1S/C24H29FN2O4/c1-23-12-16-13-26-27(19-8-6-18(25)7-9-19)20(16)11-17(23)5-4-10-24(23)30-21(14-28-2)22(31-24)15-29-3/h6-9,11,13,21-22H,4-5,10,12,14-15H2,1-3H3/t21-,22-,23?/m1/s1. The first-order valence-corrected chi connectivity index (χ1v) is 10.9. The fourth-order valence-electron chi connectivity index (χ4n) is 5.46. The zero-order valence-corrected chi connectivity index (χ0v) is 18.3. The molecule has 166 valence electrons. The van der Waals surface area contributed by atoms with Crippen molar-refractivity contribution < 1.29 is 23.3 Å². The van der Waals surface area contributed by atoms with Gasteiger partial charge in [0.25, 0.3) is 0 Å². The maximum Gasteiger partial charge on any atom is 0.178 e. The Hall–Kier alpha value is -2.06. The summed E-state index contributed by atoms with van der Waals surface area (Å²) in [4.78, 5) is 0. The van der Waals surface area contributed by atoms with Gasteiger partial charge in [-0.25, -0.2) is 9.07 Å². The average molecular weight is 429 g/mol. The summed E-state index contributed by atoms with van der Waals surface area (Å²) < 4.78 is 39.4. The first-order valence-electron chi connectivity index (χ1n) is 10.9. The Balaban J connectivity index is 1.52. The van der Waals surface area contributed by atoms with Crippen LogP contribution in [0.1, 0.15) is 37.4 Å². The third-order valence-electron chi connectivity index (χ3n) is 7.07. The van der Waals surface area contributed by atoms with Gasteiger partial charge in [0.2, 0.25) is 0 Å². The van der Waals surface area contributed by atoms with Crippen molar-refractivity contribution in [1.82, 2.24) is 9.78 Å². The SMILES string of the molecule is COC[C@H]1OC2(CCCC3=Cc4c(cnn4-c4ccc(F)cc4)CC32C)O[C@@H]1COC. The Morgan fingerprint density at radius 1 is 1.13 bits per heavy atom. The summed E-state index contributed by atoms with van der Waals surface area (Å²) in [5.74, 6) is -0.962. The number of nitrogens with zero attached hydrogens (tertiary/aromatic N) is 2. The highest BCUT2D eigenvalue weighted by atomic mass is 19.1. The quantitative estimate of drug-likeness (QED) is 0.723.